The Balaban J connectivity index is 1.78. The van der Waals surface area contributed by atoms with Crippen LogP contribution in [0.3, 0.4) is 0 Å². The van der Waals surface area contributed by atoms with Gasteiger partial charge in [0.05, 0.1) is 48.7 Å². The molecule has 1 aromatic rings. The summed E-state index contributed by atoms with van der Waals surface area (Å²) in [5.41, 5.74) is 0.0214. The van der Waals surface area contributed by atoms with Gasteiger partial charge in [-0.15, -0.1) is 0 Å². The van der Waals surface area contributed by atoms with Gasteiger partial charge in [0, 0.05) is 111 Å². The first-order valence-electron chi connectivity index (χ1n) is 32.9. The van der Waals surface area contributed by atoms with Crippen LogP contribution < -0.4 is 16.0 Å². The summed E-state index contributed by atoms with van der Waals surface area (Å²) in [6.45, 7) is 20.1. The van der Waals surface area contributed by atoms with Crippen molar-refractivity contribution in [3.05, 3.63) is 48.0 Å². The van der Waals surface area contributed by atoms with E-state index < -0.39 is 132 Å². The van der Waals surface area contributed by atoms with Crippen LogP contribution in [0.25, 0.3) is 0 Å². The normalized spacial score (nSPS) is 17.4. The number of likely N-dealkylation sites (tertiary alicyclic amines) is 1. The zero-order chi connectivity index (χ0) is 70.0. The highest BCUT2D eigenvalue weighted by molar-refractivity contribution is 6.13. The molecule has 0 saturated carbocycles. The molecule has 8 amide bonds. The molecule has 25 heteroatoms. The van der Waals surface area contributed by atoms with Crippen molar-refractivity contribution in [3.63, 3.8) is 0 Å². The number of unbranched alkanes of at least 4 members (excludes halogenated alkanes) is 1. The number of carboxylic acids is 2. The predicted molar refractivity (Wildman–Crippen MR) is 348 cm³/mol. The first-order chi connectivity index (χ1) is 43.7. The molecule has 3 rings (SSSR count). The first kappa shape index (κ1) is 80.1. The van der Waals surface area contributed by atoms with Crippen molar-refractivity contribution in [2.75, 3.05) is 68.1 Å². The fraction of sp³-hybridized carbons (Fsp3) is 0.706. The van der Waals surface area contributed by atoms with Crippen molar-refractivity contribution in [1.82, 2.24) is 40.4 Å². The maximum Gasteiger partial charge on any atom is 0.410 e. The van der Waals surface area contributed by atoms with E-state index in [1.807, 2.05) is 53.5 Å². The van der Waals surface area contributed by atoms with E-state index in [9.17, 15) is 67.7 Å². The number of benzene rings is 1. The minimum absolute atomic E-state index is 0.0115. The van der Waals surface area contributed by atoms with Gasteiger partial charge in [0.25, 0.3) is 11.8 Å². The number of carbonyl (C=O) groups is 12. The van der Waals surface area contributed by atoms with Crippen LogP contribution in [0, 0.1) is 35.5 Å². The van der Waals surface area contributed by atoms with Gasteiger partial charge in [0.1, 0.15) is 11.6 Å². The summed E-state index contributed by atoms with van der Waals surface area (Å²) in [6, 6.07) is 4.41. The lowest BCUT2D eigenvalue weighted by atomic mass is 9.83. The lowest BCUT2D eigenvalue weighted by Gasteiger charge is -2.41. The number of amides is 8. The van der Waals surface area contributed by atoms with Gasteiger partial charge in [-0.05, 0) is 103 Å². The number of ether oxygens (including phenoxy) is 3. The highest BCUT2D eigenvalue weighted by atomic mass is 16.6. The second-order valence-corrected chi connectivity index (χ2v) is 26.7. The number of nitrogens with one attached hydrogen (secondary N) is 3. The number of carbonyl (C=O) groups excluding carboxylic acids is 10. The number of aliphatic carboxylic acids is 2. The molecule has 0 unspecified atom stereocenters. The number of ketones is 2. The lowest BCUT2D eigenvalue weighted by molar-refractivity contribution is -0.149. The maximum absolute atomic E-state index is 14.9. The van der Waals surface area contributed by atoms with Crippen LogP contribution in [0.2, 0.25) is 0 Å². The van der Waals surface area contributed by atoms with Crippen molar-refractivity contribution in [3.8, 4) is 0 Å². The van der Waals surface area contributed by atoms with E-state index in [2.05, 4.69) is 16.0 Å². The Hall–Kier alpha value is -7.12. The molecule has 0 radical (unpaired) electrons. The third kappa shape index (κ3) is 25.6. The molecule has 2 heterocycles. The minimum atomic E-state index is -1.44. The molecule has 1 aromatic carbocycles. The average molecular weight is 1310 g/mol. The van der Waals surface area contributed by atoms with Crippen molar-refractivity contribution < 1.29 is 82.0 Å². The van der Waals surface area contributed by atoms with Crippen molar-refractivity contribution >= 4 is 70.9 Å². The van der Waals surface area contributed by atoms with Gasteiger partial charge in [-0.3, -0.25) is 57.7 Å². The van der Waals surface area contributed by atoms with Crippen molar-refractivity contribution in [1.29, 1.82) is 0 Å². The molecule has 11 atom stereocenters. The van der Waals surface area contributed by atoms with Gasteiger partial charge in [-0.2, -0.15) is 0 Å². The number of nitrogens with zero attached hydrogens (tertiary/aromatic N) is 5. The van der Waals surface area contributed by atoms with Gasteiger partial charge in [-0.1, -0.05) is 85.2 Å². The number of rotatable bonds is 42. The largest absolute Gasteiger partial charge is 0.481 e. The Morgan fingerprint density at radius 3 is 1.94 bits per heavy atom. The summed E-state index contributed by atoms with van der Waals surface area (Å²) in [5, 5.41) is 27.8. The Bertz CT molecular complexity index is 2700. The Morgan fingerprint density at radius 2 is 1.38 bits per heavy atom. The van der Waals surface area contributed by atoms with Crippen LogP contribution in [-0.4, -0.2) is 222 Å². The van der Waals surface area contributed by atoms with E-state index in [4.69, 9.17) is 14.2 Å². The molecule has 0 aliphatic carbocycles. The Morgan fingerprint density at radius 1 is 0.742 bits per heavy atom. The molecule has 0 aromatic heterocycles. The van der Waals surface area contributed by atoms with Gasteiger partial charge < -0.3 is 55.1 Å². The van der Waals surface area contributed by atoms with Crippen molar-refractivity contribution in [2.45, 2.75) is 207 Å². The SMILES string of the molecule is CC[C@H](C)[C@@H]([C@@H](CC(=O)N1CCC[C@H]1[C@H](OC)[C@@H](C)C(=O)N[C@@H](Cc1ccccc1)C(=O)C[C@@H](CCC(=O)O)C(=O)N[C@@H](CCCCNC(=O)CCN1C(=O)C=CC1=O)C(=O)O)OC)N(C)C(=O)[C@@H](CC(=O)[C@H](C(C)C)N(C)CCCN(C)C(=O)OC(C)(C)C)C(C)C. The molecular formula is C68H108N8O17. The van der Waals surface area contributed by atoms with Gasteiger partial charge in [-0.25, -0.2) is 9.59 Å². The lowest BCUT2D eigenvalue weighted by Crippen LogP contribution is -2.55. The van der Waals surface area contributed by atoms with Crippen LogP contribution >= 0.6 is 0 Å². The number of likely N-dealkylation sites (N-methyl/N-ethyl adjacent to an activating group) is 2. The molecule has 5 N–H and O–H groups in total. The number of Topliss-reactive ketones (excluding diaryl/α,β-unsaturated/α-hetero) is 2. The molecule has 0 spiro atoms. The molecule has 522 valence electrons. The molecule has 2 aliphatic rings. The van der Waals surface area contributed by atoms with Crippen LogP contribution in [-0.2, 0) is 73.4 Å². The second kappa shape index (κ2) is 38.9. The molecule has 93 heavy (non-hydrogen) atoms. The summed E-state index contributed by atoms with van der Waals surface area (Å²) >= 11 is 0. The van der Waals surface area contributed by atoms with E-state index in [0.717, 1.165) is 17.1 Å². The highest BCUT2D eigenvalue weighted by Gasteiger charge is 2.44. The molecular weight excluding hydrogens is 1200 g/mol. The number of imide groups is 1. The maximum atomic E-state index is 14.9. The Kier molecular flexibility index (Phi) is 33.5. The fourth-order valence-corrected chi connectivity index (χ4v) is 12.4. The van der Waals surface area contributed by atoms with E-state index >= 15 is 0 Å². The fourth-order valence-electron chi connectivity index (χ4n) is 12.4. The topological polar surface area (TPSA) is 325 Å². The molecule has 1 saturated heterocycles. The van der Waals surface area contributed by atoms with E-state index in [1.54, 1.807) is 81.9 Å². The van der Waals surface area contributed by atoms with E-state index in [-0.39, 0.29) is 93.4 Å². The predicted octanol–water partition coefficient (Wildman–Crippen LogP) is 5.69. The third-order valence-electron chi connectivity index (χ3n) is 17.8. The van der Waals surface area contributed by atoms with Crippen LogP contribution in [0.5, 0.6) is 0 Å². The highest BCUT2D eigenvalue weighted by Crippen LogP contribution is 2.32. The first-order valence-corrected chi connectivity index (χ1v) is 32.9. The third-order valence-corrected chi connectivity index (χ3v) is 17.8. The second-order valence-electron chi connectivity index (χ2n) is 26.7. The molecule has 0 bridgehead atoms. The van der Waals surface area contributed by atoms with E-state index in [0.29, 0.717) is 57.3 Å². The summed E-state index contributed by atoms with van der Waals surface area (Å²) in [5.74, 6) is -10.2. The zero-order valence-electron chi connectivity index (χ0n) is 57.7. The summed E-state index contributed by atoms with van der Waals surface area (Å²) in [7, 11) is 8.19. The van der Waals surface area contributed by atoms with Gasteiger partial charge >= 0.3 is 18.0 Å². The standard InChI is InChI=1S/C68H108N8O17/c1-16-44(6)61(74(13)65(87)48(42(2)3)40-53(78)60(43(4)5)72(11)34-23-35-73(12)67(90)93-68(8,9)10)54(91-14)41-58(82)75-36-22-27-51(75)62(92-15)45(7)63(85)71-50(38-46-24-18-17-19-25-46)52(77)39-47(28-31-59(83)84)64(86)70-49(66(88)89)26-20-21-33-69-55(79)32-37-76-56(80)29-30-57(76)81/h17-19,24-25,29-30,42-45,47-51,54,60-62H,16,20-23,26-28,31-41H2,1-15H3,(H,69,79)(H,70,86)(H,71,85)(H,83,84)(H,88,89)/t44-,45+,47+,48-,49-,50-,51-,54+,60-,61-,62+/m0/s1. The number of hydrogen-bond acceptors (Lipinski definition) is 16. The van der Waals surface area contributed by atoms with Crippen molar-refractivity contribution in [2.24, 2.45) is 35.5 Å². The average Bonchev–Trinajstić information content (AvgIpc) is 1.80. The van der Waals surface area contributed by atoms with Crippen LogP contribution in [0.4, 0.5) is 4.79 Å². The number of hydrogen-bond donors (Lipinski definition) is 5. The van der Waals surface area contributed by atoms with Crippen LogP contribution in [0.1, 0.15) is 158 Å². The molecule has 1 fully saturated rings. The summed E-state index contributed by atoms with van der Waals surface area (Å²) in [6.07, 6.45) is 1.13. The summed E-state index contributed by atoms with van der Waals surface area (Å²) < 4.78 is 17.7. The number of carboxylic acid groups (broad SMARTS) is 2. The number of methoxy groups -OCH3 is 2. The summed E-state index contributed by atoms with van der Waals surface area (Å²) in [4.78, 5) is 168. The zero-order valence-corrected chi connectivity index (χ0v) is 57.7. The quantitative estimate of drug-likeness (QED) is 0.0388. The monoisotopic (exact) mass is 1310 g/mol. The Labute approximate surface area is 550 Å². The minimum Gasteiger partial charge on any atom is -0.481 e. The van der Waals surface area contributed by atoms with Crippen LogP contribution in [0.15, 0.2) is 42.5 Å². The van der Waals surface area contributed by atoms with Gasteiger partial charge in [0.15, 0.2) is 11.6 Å². The smallest absolute Gasteiger partial charge is 0.410 e. The van der Waals surface area contributed by atoms with Gasteiger partial charge in [0.2, 0.25) is 29.5 Å². The van der Waals surface area contributed by atoms with E-state index in [1.165, 1.54) is 19.1 Å². The molecule has 2 aliphatic heterocycles. The molecule has 25 nitrogen and oxygen atoms in total.